The molecule has 19 heavy (non-hydrogen) atoms. The molecule has 1 rings (SSSR count). The predicted octanol–water partition coefficient (Wildman–Crippen LogP) is 1.59. The van der Waals surface area contributed by atoms with E-state index in [2.05, 4.69) is 0 Å². The van der Waals surface area contributed by atoms with Crippen molar-refractivity contribution in [2.75, 3.05) is 0 Å². The van der Waals surface area contributed by atoms with E-state index >= 15 is 0 Å². The van der Waals surface area contributed by atoms with Gasteiger partial charge in [-0.3, -0.25) is 4.79 Å². The molecule has 0 saturated heterocycles. The number of rotatable bonds is 6. The second-order valence-electron chi connectivity index (χ2n) is 5.07. The Hall–Kier alpha value is -2.04. The maximum Gasteiger partial charge on any atom is 0.347 e. The van der Waals surface area contributed by atoms with Crippen LogP contribution in [0.1, 0.15) is 26.3 Å². The van der Waals surface area contributed by atoms with Gasteiger partial charge in [0.25, 0.3) is 0 Å². The number of primary amides is 1. The molecule has 1 aromatic carbocycles. The average Bonchev–Trinajstić information content (AvgIpc) is 2.30. The molecule has 0 aliphatic heterocycles. The minimum absolute atomic E-state index is 0.234. The lowest BCUT2D eigenvalue weighted by atomic mass is 10.0. The lowest BCUT2D eigenvalue weighted by Gasteiger charge is -2.21. The minimum Gasteiger partial charge on any atom is -0.478 e. The van der Waals surface area contributed by atoms with Crippen LogP contribution in [-0.2, 0) is 16.0 Å². The summed E-state index contributed by atoms with van der Waals surface area (Å²) in [5, 5.41) is 8.96. The first kappa shape index (κ1) is 15.0. The molecule has 1 unspecified atom stereocenters. The van der Waals surface area contributed by atoms with Crippen molar-refractivity contribution in [3.63, 3.8) is 0 Å². The van der Waals surface area contributed by atoms with Crippen molar-refractivity contribution in [1.29, 1.82) is 0 Å². The molecule has 0 spiro atoms. The molecule has 5 nitrogen and oxygen atoms in total. The average molecular weight is 265 g/mol. The zero-order valence-corrected chi connectivity index (χ0v) is 11.3. The van der Waals surface area contributed by atoms with E-state index in [0.29, 0.717) is 12.2 Å². The van der Waals surface area contributed by atoms with Gasteiger partial charge in [-0.2, -0.15) is 0 Å². The number of hydrogen-bond acceptors (Lipinski definition) is 3. The summed E-state index contributed by atoms with van der Waals surface area (Å²) in [5.41, 5.74) is 4.88. The number of hydrogen-bond donors (Lipinski definition) is 2. The van der Waals surface area contributed by atoms with Crippen LogP contribution in [-0.4, -0.2) is 22.6 Å². The molecule has 0 saturated carbocycles. The van der Waals surface area contributed by atoms with Gasteiger partial charge < -0.3 is 15.6 Å². The van der Waals surface area contributed by atoms with E-state index in [0.717, 1.165) is 5.56 Å². The highest BCUT2D eigenvalue weighted by molar-refractivity contribution is 5.77. The largest absolute Gasteiger partial charge is 0.478 e. The summed E-state index contributed by atoms with van der Waals surface area (Å²) in [5.74, 6) is -1.13. The molecule has 0 bridgehead atoms. The third-order valence-electron chi connectivity index (χ3n) is 2.84. The first-order valence-corrected chi connectivity index (χ1v) is 6.03. The fourth-order valence-corrected chi connectivity index (χ4v) is 1.49. The van der Waals surface area contributed by atoms with Crippen molar-refractivity contribution < 1.29 is 19.4 Å². The third kappa shape index (κ3) is 4.28. The predicted molar refractivity (Wildman–Crippen MR) is 70.8 cm³/mol. The highest BCUT2D eigenvalue weighted by atomic mass is 16.5. The Bertz CT molecular complexity index is 465. The molecule has 0 radical (unpaired) electrons. The highest BCUT2D eigenvalue weighted by Gasteiger charge is 2.29. The highest BCUT2D eigenvalue weighted by Crippen LogP contribution is 2.20. The number of carboxylic acid groups (broad SMARTS) is 1. The van der Waals surface area contributed by atoms with Gasteiger partial charge in [-0.1, -0.05) is 19.1 Å². The van der Waals surface area contributed by atoms with Gasteiger partial charge in [-0.25, -0.2) is 4.79 Å². The summed E-state index contributed by atoms with van der Waals surface area (Å²) in [6.45, 7) is 4.73. The van der Waals surface area contributed by atoms with Crippen LogP contribution in [0.25, 0.3) is 0 Å². The van der Waals surface area contributed by atoms with Crippen LogP contribution in [0.15, 0.2) is 24.3 Å². The molecule has 0 fully saturated rings. The first-order chi connectivity index (χ1) is 8.72. The molecular formula is C14H19NO4. The Morgan fingerprint density at radius 3 is 2.26 bits per heavy atom. The summed E-state index contributed by atoms with van der Waals surface area (Å²) in [6, 6.07) is 6.97. The van der Waals surface area contributed by atoms with E-state index in [9.17, 15) is 9.59 Å². The Morgan fingerprint density at radius 1 is 1.32 bits per heavy atom. The van der Waals surface area contributed by atoms with Gasteiger partial charge >= 0.3 is 5.97 Å². The number of ether oxygens (including phenoxy) is 1. The number of benzene rings is 1. The van der Waals surface area contributed by atoms with Crippen LogP contribution >= 0.6 is 0 Å². The van der Waals surface area contributed by atoms with E-state index in [-0.39, 0.29) is 11.8 Å². The van der Waals surface area contributed by atoms with Gasteiger partial charge in [0.15, 0.2) is 5.60 Å². The van der Waals surface area contributed by atoms with Crippen LogP contribution in [0, 0.1) is 5.92 Å². The molecule has 0 aliphatic rings. The third-order valence-corrected chi connectivity index (χ3v) is 2.84. The Kier molecular flexibility index (Phi) is 4.53. The quantitative estimate of drug-likeness (QED) is 0.817. The standard InChI is InChI=1S/C14H19NO4/c1-9(12(15)16)8-10-4-6-11(7-5-10)19-14(2,3)13(17)18/h4-7,9H,8H2,1-3H3,(H2,15,16)(H,17,18). The normalized spacial score (nSPS) is 12.8. The van der Waals surface area contributed by atoms with E-state index in [1.165, 1.54) is 13.8 Å². The molecular weight excluding hydrogens is 246 g/mol. The van der Waals surface area contributed by atoms with Crippen LogP contribution in [0.3, 0.4) is 0 Å². The zero-order valence-electron chi connectivity index (χ0n) is 11.3. The number of carboxylic acids is 1. The minimum atomic E-state index is -1.28. The van der Waals surface area contributed by atoms with Crippen molar-refractivity contribution in [2.45, 2.75) is 32.8 Å². The van der Waals surface area contributed by atoms with E-state index < -0.39 is 11.6 Å². The number of carbonyl (C=O) groups is 2. The maximum atomic E-state index is 11.0. The fourth-order valence-electron chi connectivity index (χ4n) is 1.49. The molecule has 3 N–H and O–H groups in total. The SMILES string of the molecule is CC(Cc1ccc(OC(C)(C)C(=O)O)cc1)C(N)=O. The van der Waals surface area contributed by atoms with E-state index in [1.54, 1.807) is 31.2 Å². The van der Waals surface area contributed by atoms with Crippen molar-refractivity contribution in [2.24, 2.45) is 11.7 Å². The maximum absolute atomic E-state index is 11.0. The summed E-state index contributed by atoms with van der Waals surface area (Å²) >= 11 is 0. The molecule has 1 aromatic rings. The van der Waals surface area contributed by atoms with Crippen molar-refractivity contribution in [1.82, 2.24) is 0 Å². The molecule has 0 aliphatic carbocycles. The molecule has 1 amide bonds. The van der Waals surface area contributed by atoms with Crippen molar-refractivity contribution in [3.05, 3.63) is 29.8 Å². The Morgan fingerprint density at radius 2 is 1.84 bits per heavy atom. The van der Waals surface area contributed by atoms with E-state index in [1.807, 2.05) is 0 Å². The fraction of sp³-hybridized carbons (Fsp3) is 0.429. The van der Waals surface area contributed by atoms with Crippen molar-refractivity contribution >= 4 is 11.9 Å². The van der Waals surface area contributed by atoms with Crippen LogP contribution in [0.4, 0.5) is 0 Å². The number of carbonyl (C=O) groups excluding carboxylic acids is 1. The topological polar surface area (TPSA) is 89.6 Å². The molecule has 0 aromatic heterocycles. The summed E-state index contributed by atoms with van der Waals surface area (Å²) in [4.78, 5) is 21.9. The van der Waals surface area contributed by atoms with Crippen LogP contribution < -0.4 is 10.5 Å². The summed E-state index contributed by atoms with van der Waals surface area (Å²) < 4.78 is 5.38. The lowest BCUT2D eigenvalue weighted by molar-refractivity contribution is -0.152. The second-order valence-corrected chi connectivity index (χ2v) is 5.07. The zero-order chi connectivity index (χ0) is 14.6. The Labute approximate surface area is 112 Å². The van der Waals surface area contributed by atoms with Crippen molar-refractivity contribution in [3.8, 4) is 5.75 Å². The van der Waals surface area contributed by atoms with Gasteiger partial charge in [0.2, 0.25) is 5.91 Å². The first-order valence-electron chi connectivity index (χ1n) is 6.03. The van der Waals surface area contributed by atoms with Gasteiger partial charge in [0, 0.05) is 5.92 Å². The van der Waals surface area contributed by atoms with Gasteiger partial charge in [0.1, 0.15) is 5.75 Å². The molecule has 104 valence electrons. The lowest BCUT2D eigenvalue weighted by Crippen LogP contribution is -2.37. The number of aliphatic carboxylic acids is 1. The van der Waals surface area contributed by atoms with Gasteiger partial charge in [-0.05, 0) is 38.0 Å². The molecule has 0 heterocycles. The summed E-state index contributed by atoms with van der Waals surface area (Å²) in [7, 11) is 0. The smallest absolute Gasteiger partial charge is 0.347 e. The summed E-state index contributed by atoms with van der Waals surface area (Å²) in [6.07, 6.45) is 0.554. The van der Waals surface area contributed by atoms with Crippen LogP contribution in [0.5, 0.6) is 5.75 Å². The number of nitrogens with two attached hydrogens (primary N) is 1. The Balaban J connectivity index is 2.72. The molecule has 5 heteroatoms. The van der Waals surface area contributed by atoms with E-state index in [4.69, 9.17) is 15.6 Å². The van der Waals surface area contributed by atoms with Gasteiger partial charge in [-0.15, -0.1) is 0 Å². The second kappa shape index (κ2) is 5.73. The molecule has 1 atom stereocenters. The van der Waals surface area contributed by atoms with Gasteiger partial charge in [0.05, 0.1) is 0 Å². The van der Waals surface area contributed by atoms with Crippen LogP contribution in [0.2, 0.25) is 0 Å². The number of amides is 1. The monoisotopic (exact) mass is 265 g/mol.